The van der Waals surface area contributed by atoms with E-state index in [0.717, 1.165) is 55.3 Å². The molecule has 0 aliphatic heterocycles. The van der Waals surface area contributed by atoms with Crippen molar-refractivity contribution in [1.29, 1.82) is 0 Å². The highest BCUT2D eigenvalue weighted by atomic mass is 32.1. The van der Waals surface area contributed by atoms with Crippen molar-refractivity contribution in [3.05, 3.63) is 182 Å². The van der Waals surface area contributed by atoms with Gasteiger partial charge in [0.2, 0.25) is 5.95 Å². The fraction of sp³-hybridized carbons (Fsp3) is 0. The van der Waals surface area contributed by atoms with Gasteiger partial charge in [0, 0.05) is 54.6 Å². The highest BCUT2D eigenvalue weighted by Gasteiger charge is 2.20. The molecule has 0 bridgehead atoms. The molecule has 266 valence electrons. The maximum absolute atomic E-state index is 5.11. The third-order valence-corrected chi connectivity index (χ3v) is 12.2. The highest BCUT2D eigenvalue weighted by Crippen LogP contribution is 2.40. The van der Waals surface area contributed by atoms with Crippen LogP contribution in [-0.2, 0) is 0 Å². The molecule has 57 heavy (non-hydrogen) atoms. The molecule has 0 radical (unpaired) electrons. The topological polar surface area (TPSA) is 61.4 Å². The van der Waals surface area contributed by atoms with E-state index in [9.17, 15) is 0 Å². The van der Waals surface area contributed by atoms with E-state index in [1.54, 1.807) is 11.3 Å². The Bertz CT molecular complexity index is 3470. The normalized spacial score (nSPS) is 11.9. The Kier molecular flexibility index (Phi) is 7.00. The molecule has 12 aromatic rings. The van der Waals surface area contributed by atoms with Gasteiger partial charge in [0.15, 0.2) is 11.6 Å². The van der Waals surface area contributed by atoms with E-state index in [1.165, 1.54) is 36.6 Å². The summed E-state index contributed by atoms with van der Waals surface area (Å²) in [5.41, 5.74) is 10.8. The monoisotopic (exact) mass is 746 g/mol. The zero-order chi connectivity index (χ0) is 37.5. The van der Waals surface area contributed by atoms with Crippen LogP contribution < -0.4 is 0 Å². The van der Waals surface area contributed by atoms with Gasteiger partial charge in [-0.2, -0.15) is 9.97 Å². The summed E-state index contributed by atoms with van der Waals surface area (Å²) >= 11 is 1.79. The van der Waals surface area contributed by atoms with Gasteiger partial charge in [-0.15, -0.1) is 11.3 Å². The summed E-state index contributed by atoms with van der Waals surface area (Å²) in [6, 6.07) is 62.0. The minimum Gasteiger partial charge on any atom is -0.309 e. The first-order chi connectivity index (χ1) is 28.2. The first-order valence-corrected chi connectivity index (χ1v) is 19.8. The molecular weight excluding hydrogens is 717 g/mol. The lowest BCUT2D eigenvalue weighted by atomic mass is 10.0. The number of rotatable bonds is 5. The Balaban J connectivity index is 1.03. The molecule has 0 atom stereocenters. The summed E-state index contributed by atoms with van der Waals surface area (Å²) in [6.07, 6.45) is 1.88. The Morgan fingerprint density at radius 3 is 1.58 bits per heavy atom. The second kappa shape index (κ2) is 12.5. The third kappa shape index (κ3) is 5.03. The van der Waals surface area contributed by atoms with Gasteiger partial charge in [-0.05, 0) is 77.9 Å². The molecule has 0 N–H and O–H groups in total. The van der Waals surface area contributed by atoms with E-state index >= 15 is 0 Å². The molecule has 5 aromatic heterocycles. The largest absolute Gasteiger partial charge is 0.309 e. The average molecular weight is 747 g/mol. The molecule has 7 heteroatoms. The first kappa shape index (κ1) is 31.8. The van der Waals surface area contributed by atoms with E-state index in [-0.39, 0.29) is 0 Å². The predicted octanol–water partition coefficient (Wildman–Crippen LogP) is 12.8. The molecular formula is C50H30N6S. The van der Waals surface area contributed by atoms with E-state index in [0.29, 0.717) is 17.6 Å². The molecule has 0 aliphatic carbocycles. The zero-order valence-corrected chi connectivity index (χ0v) is 31.2. The molecule has 0 aliphatic rings. The maximum atomic E-state index is 5.11. The van der Waals surface area contributed by atoms with Crippen molar-refractivity contribution in [1.82, 2.24) is 29.1 Å². The number of benzene rings is 7. The van der Waals surface area contributed by atoms with Crippen LogP contribution in [0.3, 0.4) is 0 Å². The summed E-state index contributed by atoms with van der Waals surface area (Å²) in [7, 11) is 0. The number of para-hydroxylation sites is 2. The molecule has 0 saturated carbocycles. The van der Waals surface area contributed by atoms with Crippen molar-refractivity contribution in [2.24, 2.45) is 0 Å². The summed E-state index contributed by atoms with van der Waals surface area (Å²) < 4.78 is 7.02. The van der Waals surface area contributed by atoms with Crippen molar-refractivity contribution in [2.75, 3.05) is 0 Å². The van der Waals surface area contributed by atoms with Crippen molar-refractivity contribution in [3.63, 3.8) is 0 Å². The molecule has 0 saturated heterocycles. The van der Waals surface area contributed by atoms with Gasteiger partial charge < -0.3 is 4.57 Å². The molecule has 0 spiro atoms. The van der Waals surface area contributed by atoms with E-state index in [4.69, 9.17) is 19.9 Å². The number of hydrogen-bond donors (Lipinski definition) is 0. The lowest BCUT2D eigenvalue weighted by Crippen LogP contribution is -2.06. The summed E-state index contributed by atoms with van der Waals surface area (Å²) in [5, 5.41) is 5.90. The molecule has 12 rings (SSSR count). The Labute approximate surface area is 330 Å². The Morgan fingerprint density at radius 1 is 0.368 bits per heavy atom. The van der Waals surface area contributed by atoms with Crippen LogP contribution >= 0.6 is 11.3 Å². The van der Waals surface area contributed by atoms with Crippen LogP contribution in [0.15, 0.2) is 182 Å². The van der Waals surface area contributed by atoms with Gasteiger partial charge >= 0.3 is 0 Å². The van der Waals surface area contributed by atoms with Gasteiger partial charge in [0.25, 0.3) is 0 Å². The van der Waals surface area contributed by atoms with Crippen molar-refractivity contribution in [3.8, 4) is 45.5 Å². The second-order valence-corrected chi connectivity index (χ2v) is 15.4. The van der Waals surface area contributed by atoms with Crippen LogP contribution in [-0.4, -0.2) is 29.1 Å². The number of thiophene rings is 1. The summed E-state index contributed by atoms with van der Waals surface area (Å²) in [5.74, 6) is 1.85. The van der Waals surface area contributed by atoms with Crippen molar-refractivity contribution >= 4 is 75.3 Å². The quantitative estimate of drug-likeness (QED) is 0.176. The number of nitrogens with zero attached hydrogens (tertiary/aromatic N) is 6. The van der Waals surface area contributed by atoms with Gasteiger partial charge in [-0.3, -0.25) is 9.55 Å². The number of pyridine rings is 1. The van der Waals surface area contributed by atoms with Gasteiger partial charge in [0.05, 0.1) is 32.3 Å². The Hall–Kier alpha value is -7.48. The number of hydrogen-bond acceptors (Lipinski definition) is 5. The van der Waals surface area contributed by atoms with Crippen LogP contribution in [0, 0.1) is 0 Å². The minimum atomic E-state index is 0.584. The van der Waals surface area contributed by atoms with E-state index in [1.807, 2.05) is 72.9 Å². The van der Waals surface area contributed by atoms with Gasteiger partial charge in [-0.1, -0.05) is 109 Å². The number of aromatic nitrogens is 6. The molecule has 0 unspecified atom stereocenters. The van der Waals surface area contributed by atoms with E-state index in [2.05, 4.69) is 118 Å². The molecule has 7 aromatic carbocycles. The average Bonchev–Trinajstić information content (AvgIpc) is 3.94. The smallest absolute Gasteiger partial charge is 0.238 e. The number of fused-ring (bicyclic) bond motifs is 9. The zero-order valence-electron chi connectivity index (χ0n) is 30.4. The molecule has 5 heterocycles. The molecule has 0 fully saturated rings. The van der Waals surface area contributed by atoms with Crippen LogP contribution in [0.2, 0.25) is 0 Å². The van der Waals surface area contributed by atoms with Crippen LogP contribution in [0.1, 0.15) is 0 Å². The SMILES string of the molecule is c1ccc(-c2nc(-c3ccccc3)nc(-n3c4ccccc4c4cc(-c5ccc6c(c5)c5ccccc5n6-c5ccc6sc7cccnc7c6c5)ccc43)n2)cc1. The fourth-order valence-corrected chi connectivity index (χ4v) is 9.47. The molecule has 0 amide bonds. The lowest BCUT2D eigenvalue weighted by Gasteiger charge is -2.11. The maximum Gasteiger partial charge on any atom is 0.238 e. The van der Waals surface area contributed by atoms with Crippen LogP contribution in [0.25, 0.3) is 109 Å². The summed E-state index contributed by atoms with van der Waals surface area (Å²) in [4.78, 5) is 19.9. The highest BCUT2D eigenvalue weighted by molar-refractivity contribution is 7.25. The molecule has 6 nitrogen and oxygen atoms in total. The van der Waals surface area contributed by atoms with Crippen molar-refractivity contribution < 1.29 is 0 Å². The third-order valence-electron chi connectivity index (χ3n) is 11.0. The fourth-order valence-electron chi connectivity index (χ4n) is 8.42. The van der Waals surface area contributed by atoms with Gasteiger partial charge in [0.1, 0.15) is 0 Å². The van der Waals surface area contributed by atoms with Crippen molar-refractivity contribution in [2.45, 2.75) is 0 Å². The first-order valence-electron chi connectivity index (χ1n) is 19.0. The van der Waals surface area contributed by atoms with Crippen LogP contribution in [0.4, 0.5) is 0 Å². The minimum absolute atomic E-state index is 0.584. The van der Waals surface area contributed by atoms with Gasteiger partial charge in [-0.25, -0.2) is 4.98 Å². The predicted molar refractivity (Wildman–Crippen MR) is 235 cm³/mol. The summed E-state index contributed by atoms with van der Waals surface area (Å²) in [6.45, 7) is 0. The standard InChI is InChI=1S/C50H30N6S/c1-3-12-31(13-4-1)48-52-49(32-14-5-2-6-15-32)54-50(53-48)56-42-19-10-8-17-37(42)39-29-34(22-25-44(39)56)33-21-24-43-38(28-33)36-16-7-9-18-41(36)55(43)35-23-26-45-40(30-35)47-46(57-45)20-11-27-51-47/h1-30H. The lowest BCUT2D eigenvalue weighted by molar-refractivity contribution is 0.953. The van der Waals surface area contributed by atoms with E-state index < -0.39 is 0 Å². The second-order valence-electron chi connectivity index (χ2n) is 14.3. The van der Waals surface area contributed by atoms with Crippen LogP contribution in [0.5, 0.6) is 0 Å². The Morgan fingerprint density at radius 2 is 0.930 bits per heavy atom.